The van der Waals surface area contributed by atoms with Crippen molar-refractivity contribution >= 4 is 11.6 Å². The van der Waals surface area contributed by atoms with E-state index in [-0.39, 0.29) is 11.7 Å². The minimum atomic E-state index is -0.339. The average Bonchev–Trinajstić information content (AvgIpc) is 2.74. The molecule has 2 N–H and O–H groups in total. The first-order chi connectivity index (χ1) is 13.7. The van der Waals surface area contributed by atoms with Gasteiger partial charge in [-0.3, -0.25) is 4.79 Å². The first-order valence-electron chi connectivity index (χ1n) is 9.09. The number of aromatic hydroxyl groups is 1. The number of carbonyl (C=O) groups is 1. The molecule has 5 nitrogen and oxygen atoms in total. The molecule has 0 unspecified atom stereocenters. The number of phenols is 1. The largest absolute Gasteiger partial charge is 0.508 e. The van der Waals surface area contributed by atoms with E-state index < -0.39 is 0 Å². The number of benzene rings is 3. The lowest BCUT2D eigenvalue weighted by atomic mass is 10.1. The maximum atomic E-state index is 12.6. The van der Waals surface area contributed by atoms with E-state index in [4.69, 9.17) is 4.74 Å². The molecule has 0 saturated heterocycles. The fourth-order valence-corrected chi connectivity index (χ4v) is 2.70. The van der Waals surface area contributed by atoms with Gasteiger partial charge in [0.1, 0.15) is 18.1 Å². The molecule has 0 aliphatic carbocycles. The van der Waals surface area contributed by atoms with Gasteiger partial charge in [0.2, 0.25) is 0 Å². The van der Waals surface area contributed by atoms with Crippen LogP contribution in [0.5, 0.6) is 11.5 Å². The molecule has 3 aromatic rings. The minimum absolute atomic E-state index is 0.188. The smallest absolute Gasteiger partial charge is 0.275 e. The van der Waals surface area contributed by atoms with Gasteiger partial charge in [-0.1, -0.05) is 49.4 Å². The Morgan fingerprint density at radius 3 is 2.36 bits per heavy atom. The van der Waals surface area contributed by atoms with Gasteiger partial charge in [-0.25, -0.2) is 5.43 Å². The molecular formula is C23H22N2O3. The molecule has 0 spiro atoms. The molecule has 142 valence electrons. The van der Waals surface area contributed by atoms with Crippen LogP contribution in [0.1, 0.15) is 34.8 Å². The molecule has 3 aromatic carbocycles. The maximum absolute atomic E-state index is 12.6. The Morgan fingerprint density at radius 1 is 0.964 bits per heavy atom. The predicted octanol–water partition coefficient (Wildman–Crippen LogP) is 4.52. The van der Waals surface area contributed by atoms with Crippen molar-refractivity contribution in [1.82, 2.24) is 5.43 Å². The summed E-state index contributed by atoms with van der Waals surface area (Å²) in [6, 6.07) is 23.6. The lowest BCUT2D eigenvalue weighted by Gasteiger charge is -2.11. The third-order valence-corrected chi connectivity index (χ3v) is 4.20. The molecule has 0 aromatic heterocycles. The van der Waals surface area contributed by atoms with E-state index >= 15 is 0 Å². The summed E-state index contributed by atoms with van der Waals surface area (Å²) < 4.78 is 5.84. The van der Waals surface area contributed by atoms with E-state index in [1.807, 2.05) is 43.3 Å². The summed E-state index contributed by atoms with van der Waals surface area (Å²) in [4.78, 5) is 12.6. The number of para-hydroxylation sites is 1. The Hall–Kier alpha value is -3.60. The first-order valence-corrected chi connectivity index (χ1v) is 9.09. The minimum Gasteiger partial charge on any atom is -0.508 e. The first kappa shape index (κ1) is 19.2. The van der Waals surface area contributed by atoms with Gasteiger partial charge in [0.15, 0.2) is 0 Å². The zero-order valence-corrected chi connectivity index (χ0v) is 15.6. The van der Waals surface area contributed by atoms with Crippen LogP contribution in [-0.2, 0) is 6.61 Å². The normalized spacial score (nSPS) is 11.1. The second kappa shape index (κ2) is 9.37. The Bertz CT molecular complexity index is 951. The van der Waals surface area contributed by atoms with E-state index in [9.17, 15) is 9.90 Å². The van der Waals surface area contributed by atoms with Crippen LogP contribution < -0.4 is 10.2 Å². The summed E-state index contributed by atoms with van der Waals surface area (Å²) in [5, 5.41) is 13.7. The molecule has 0 atom stereocenters. The Morgan fingerprint density at radius 2 is 1.64 bits per heavy atom. The Kier molecular flexibility index (Phi) is 6.41. The molecule has 5 heteroatoms. The summed E-state index contributed by atoms with van der Waals surface area (Å²) in [6.07, 6.45) is 0.636. The molecule has 0 saturated carbocycles. The van der Waals surface area contributed by atoms with E-state index in [0.717, 1.165) is 16.8 Å². The van der Waals surface area contributed by atoms with Gasteiger partial charge >= 0.3 is 0 Å². The van der Waals surface area contributed by atoms with Gasteiger partial charge in [-0.15, -0.1) is 0 Å². The number of nitrogens with zero attached hydrogens (tertiary/aromatic N) is 1. The summed E-state index contributed by atoms with van der Waals surface area (Å²) in [7, 11) is 0. The SMILES string of the molecule is CC/C(=N\NC(=O)c1ccccc1OCc1ccccc1)c1ccc(O)cc1. The molecule has 1 amide bonds. The highest BCUT2D eigenvalue weighted by Gasteiger charge is 2.12. The number of phenolic OH excluding ortho intramolecular Hbond substituents is 1. The molecule has 0 radical (unpaired) electrons. The number of hydrogen-bond acceptors (Lipinski definition) is 4. The molecule has 0 bridgehead atoms. The second-order valence-corrected chi connectivity index (χ2v) is 6.17. The van der Waals surface area contributed by atoms with Crippen LogP contribution in [0.25, 0.3) is 0 Å². The van der Waals surface area contributed by atoms with Crippen molar-refractivity contribution in [1.29, 1.82) is 0 Å². The number of rotatable bonds is 7. The summed E-state index contributed by atoms with van der Waals surface area (Å²) in [5.41, 5.74) is 5.61. The van der Waals surface area contributed by atoms with Gasteiger partial charge < -0.3 is 9.84 Å². The Labute approximate surface area is 164 Å². The van der Waals surface area contributed by atoms with Crippen LogP contribution >= 0.6 is 0 Å². The zero-order chi connectivity index (χ0) is 19.8. The zero-order valence-electron chi connectivity index (χ0n) is 15.6. The van der Waals surface area contributed by atoms with Gasteiger partial charge in [0, 0.05) is 0 Å². The van der Waals surface area contributed by atoms with Gasteiger partial charge in [0.25, 0.3) is 5.91 Å². The van der Waals surface area contributed by atoms with E-state index in [1.54, 1.807) is 42.5 Å². The third kappa shape index (κ3) is 4.98. The van der Waals surface area contributed by atoms with Crippen LogP contribution in [0.15, 0.2) is 84.0 Å². The van der Waals surface area contributed by atoms with Crippen LogP contribution in [0.4, 0.5) is 0 Å². The Balaban J connectivity index is 1.72. The van der Waals surface area contributed by atoms with Crippen molar-refractivity contribution in [3.8, 4) is 11.5 Å². The highest BCUT2D eigenvalue weighted by atomic mass is 16.5. The van der Waals surface area contributed by atoms with E-state index in [1.165, 1.54) is 0 Å². The standard InChI is InChI=1S/C23H22N2O3/c1-2-21(18-12-14-19(26)15-13-18)24-25-23(27)20-10-6-7-11-22(20)28-16-17-8-4-3-5-9-17/h3-15,26H,2,16H2,1H3,(H,25,27)/b24-21+. The molecule has 0 aliphatic rings. The lowest BCUT2D eigenvalue weighted by molar-refractivity contribution is 0.0950. The van der Waals surface area contributed by atoms with Crippen LogP contribution in [-0.4, -0.2) is 16.7 Å². The summed E-state index contributed by atoms with van der Waals surface area (Å²) >= 11 is 0. The van der Waals surface area contributed by atoms with Gasteiger partial charge in [0.05, 0.1) is 11.3 Å². The number of carbonyl (C=O) groups excluding carboxylic acids is 1. The topological polar surface area (TPSA) is 70.9 Å². The van der Waals surface area contributed by atoms with Crippen molar-refractivity contribution < 1.29 is 14.6 Å². The maximum Gasteiger partial charge on any atom is 0.275 e. The molecule has 0 heterocycles. The van der Waals surface area contributed by atoms with Gasteiger partial charge in [-0.05, 0) is 53.9 Å². The number of ether oxygens (including phenoxy) is 1. The number of nitrogens with one attached hydrogen (secondary N) is 1. The van der Waals surface area contributed by atoms with Crippen LogP contribution in [0, 0.1) is 0 Å². The predicted molar refractivity (Wildman–Crippen MR) is 110 cm³/mol. The number of hydrazone groups is 1. The average molecular weight is 374 g/mol. The summed E-state index contributed by atoms with van der Waals surface area (Å²) in [6.45, 7) is 2.33. The second-order valence-electron chi connectivity index (χ2n) is 6.17. The van der Waals surface area contributed by atoms with E-state index in [2.05, 4.69) is 10.5 Å². The van der Waals surface area contributed by atoms with Crippen LogP contribution in [0.3, 0.4) is 0 Å². The van der Waals surface area contributed by atoms with Crippen molar-refractivity contribution in [2.75, 3.05) is 0 Å². The van der Waals surface area contributed by atoms with Crippen molar-refractivity contribution in [3.05, 3.63) is 95.6 Å². The number of hydrogen-bond donors (Lipinski definition) is 2. The molecule has 28 heavy (non-hydrogen) atoms. The van der Waals surface area contributed by atoms with Crippen molar-refractivity contribution in [3.63, 3.8) is 0 Å². The fourth-order valence-electron chi connectivity index (χ4n) is 2.70. The number of amides is 1. The van der Waals surface area contributed by atoms with E-state index in [0.29, 0.717) is 24.3 Å². The van der Waals surface area contributed by atoms with Crippen LogP contribution in [0.2, 0.25) is 0 Å². The molecule has 0 aliphatic heterocycles. The van der Waals surface area contributed by atoms with Gasteiger partial charge in [-0.2, -0.15) is 5.10 Å². The highest BCUT2D eigenvalue weighted by molar-refractivity contribution is 6.02. The lowest BCUT2D eigenvalue weighted by Crippen LogP contribution is -2.20. The van der Waals surface area contributed by atoms with Crippen molar-refractivity contribution in [2.45, 2.75) is 20.0 Å². The molecule has 0 fully saturated rings. The third-order valence-electron chi connectivity index (χ3n) is 4.20. The van der Waals surface area contributed by atoms with Crippen molar-refractivity contribution in [2.24, 2.45) is 5.10 Å². The highest BCUT2D eigenvalue weighted by Crippen LogP contribution is 2.19. The monoisotopic (exact) mass is 374 g/mol. The molecular weight excluding hydrogens is 352 g/mol. The fraction of sp³-hybridized carbons (Fsp3) is 0.130. The molecule has 3 rings (SSSR count). The quantitative estimate of drug-likeness (QED) is 0.472. The summed E-state index contributed by atoms with van der Waals surface area (Å²) in [5.74, 6) is 0.350.